The van der Waals surface area contributed by atoms with Crippen molar-refractivity contribution in [2.45, 2.75) is 76.7 Å². The Balaban J connectivity index is 6.43. The standard InChI is InChI=1S/C17H38O6Si3/c1-14(2)15(19)21-17(13-18,23-26(7,8)9)16(20-3,11-10-12-24)22-25(4,5)6/h18H,1,10-13H2,2-9,24H3. The van der Waals surface area contributed by atoms with Crippen LogP contribution < -0.4 is 0 Å². The number of aliphatic hydroxyl groups excluding tert-OH is 1. The number of methoxy groups -OCH3 is 1. The van der Waals surface area contributed by atoms with Crippen molar-refractivity contribution in [3.63, 3.8) is 0 Å². The van der Waals surface area contributed by atoms with Crippen LogP contribution in [0.4, 0.5) is 0 Å². The molecule has 9 heteroatoms. The summed E-state index contributed by atoms with van der Waals surface area (Å²) in [4.78, 5) is 12.4. The topological polar surface area (TPSA) is 74.2 Å². The van der Waals surface area contributed by atoms with Crippen molar-refractivity contribution in [3.8, 4) is 0 Å². The lowest BCUT2D eigenvalue weighted by atomic mass is 10.0. The number of hydrogen-bond donors (Lipinski definition) is 1. The van der Waals surface area contributed by atoms with E-state index in [1.165, 1.54) is 7.11 Å². The zero-order valence-corrected chi connectivity index (χ0v) is 22.0. The van der Waals surface area contributed by atoms with Crippen molar-refractivity contribution in [2.24, 2.45) is 0 Å². The zero-order chi connectivity index (χ0) is 20.8. The highest BCUT2D eigenvalue weighted by Crippen LogP contribution is 2.41. The van der Waals surface area contributed by atoms with E-state index in [0.717, 1.165) is 22.7 Å². The normalized spacial score (nSPS) is 17.4. The summed E-state index contributed by atoms with van der Waals surface area (Å²) in [6.45, 7) is 16.6. The number of esters is 1. The Hall–Kier alpha value is -0.299. The zero-order valence-electron chi connectivity index (χ0n) is 18.0. The van der Waals surface area contributed by atoms with Crippen molar-refractivity contribution >= 4 is 32.8 Å². The van der Waals surface area contributed by atoms with Crippen LogP contribution in [-0.4, -0.2) is 63.2 Å². The number of aliphatic hydroxyl groups is 1. The van der Waals surface area contributed by atoms with E-state index in [2.05, 4.69) is 6.58 Å². The molecule has 0 amide bonds. The van der Waals surface area contributed by atoms with E-state index in [0.29, 0.717) is 6.42 Å². The Kier molecular flexibility index (Phi) is 9.65. The summed E-state index contributed by atoms with van der Waals surface area (Å²) < 4.78 is 24.3. The van der Waals surface area contributed by atoms with E-state index in [1.807, 2.05) is 39.3 Å². The molecule has 154 valence electrons. The molecule has 0 saturated heterocycles. The molecule has 6 nitrogen and oxygen atoms in total. The van der Waals surface area contributed by atoms with Gasteiger partial charge < -0.3 is 23.4 Å². The quantitative estimate of drug-likeness (QED) is 0.225. The molecule has 0 aromatic carbocycles. The van der Waals surface area contributed by atoms with E-state index in [1.54, 1.807) is 6.92 Å². The van der Waals surface area contributed by atoms with Gasteiger partial charge in [-0.3, -0.25) is 0 Å². The fraction of sp³-hybridized carbons (Fsp3) is 0.824. The molecule has 0 heterocycles. The lowest BCUT2D eigenvalue weighted by Crippen LogP contribution is -2.68. The second-order valence-electron chi connectivity index (χ2n) is 8.57. The van der Waals surface area contributed by atoms with E-state index in [4.69, 9.17) is 18.3 Å². The van der Waals surface area contributed by atoms with E-state index in [-0.39, 0.29) is 5.57 Å². The average molecular weight is 423 g/mol. The maximum atomic E-state index is 12.4. The predicted molar refractivity (Wildman–Crippen MR) is 113 cm³/mol. The third-order valence-electron chi connectivity index (χ3n) is 3.53. The van der Waals surface area contributed by atoms with Gasteiger partial charge in [-0.25, -0.2) is 4.79 Å². The molecule has 0 fully saturated rings. The molecule has 0 aliphatic rings. The molecule has 0 aromatic rings. The van der Waals surface area contributed by atoms with Gasteiger partial charge in [0.2, 0.25) is 5.79 Å². The van der Waals surface area contributed by atoms with Gasteiger partial charge in [-0.2, -0.15) is 0 Å². The van der Waals surface area contributed by atoms with Crippen molar-refractivity contribution in [1.82, 2.24) is 0 Å². The number of ether oxygens (including phenoxy) is 2. The van der Waals surface area contributed by atoms with E-state index in [9.17, 15) is 9.90 Å². The van der Waals surface area contributed by atoms with Crippen LogP contribution in [0.25, 0.3) is 0 Å². The van der Waals surface area contributed by atoms with Gasteiger partial charge in [-0.15, -0.1) is 0 Å². The summed E-state index contributed by atoms with van der Waals surface area (Å²) >= 11 is 0. The molecule has 26 heavy (non-hydrogen) atoms. The van der Waals surface area contributed by atoms with Gasteiger partial charge in [0.15, 0.2) is 16.6 Å². The molecule has 0 aliphatic heterocycles. The first kappa shape index (κ1) is 25.7. The number of rotatable bonds is 12. The van der Waals surface area contributed by atoms with Crippen molar-refractivity contribution in [1.29, 1.82) is 0 Å². The van der Waals surface area contributed by atoms with Crippen LogP contribution in [0.15, 0.2) is 12.2 Å². The first-order chi connectivity index (χ1) is 11.7. The monoisotopic (exact) mass is 422 g/mol. The van der Waals surface area contributed by atoms with E-state index >= 15 is 0 Å². The van der Waals surface area contributed by atoms with Crippen LogP contribution in [0.3, 0.4) is 0 Å². The van der Waals surface area contributed by atoms with Crippen LogP contribution in [0.1, 0.15) is 19.8 Å². The molecule has 0 spiro atoms. The summed E-state index contributed by atoms with van der Waals surface area (Å²) in [5, 5.41) is 10.4. The molecule has 1 N–H and O–H groups in total. The number of hydrogen-bond acceptors (Lipinski definition) is 6. The summed E-state index contributed by atoms with van der Waals surface area (Å²) in [6.07, 6.45) is 1.29. The van der Waals surface area contributed by atoms with Gasteiger partial charge in [0.1, 0.15) is 6.61 Å². The van der Waals surface area contributed by atoms with Crippen LogP contribution >= 0.6 is 0 Å². The van der Waals surface area contributed by atoms with Crippen molar-refractivity contribution in [3.05, 3.63) is 12.2 Å². The van der Waals surface area contributed by atoms with Crippen LogP contribution in [0, 0.1) is 0 Å². The van der Waals surface area contributed by atoms with Gasteiger partial charge in [0, 0.05) is 29.3 Å². The predicted octanol–water partition coefficient (Wildman–Crippen LogP) is 2.40. The van der Waals surface area contributed by atoms with Crippen molar-refractivity contribution in [2.75, 3.05) is 13.7 Å². The minimum atomic E-state index is -2.26. The highest BCUT2D eigenvalue weighted by atomic mass is 28.4. The molecule has 0 bridgehead atoms. The molecule has 2 unspecified atom stereocenters. The van der Waals surface area contributed by atoms with Crippen LogP contribution in [-0.2, 0) is 23.1 Å². The summed E-state index contributed by atoms with van der Waals surface area (Å²) in [7, 11) is -1.85. The third kappa shape index (κ3) is 7.37. The second kappa shape index (κ2) is 9.76. The van der Waals surface area contributed by atoms with Gasteiger partial charge in [-0.1, -0.05) is 19.0 Å². The molecule has 0 aliphatic carbocycles. The molecule has 0 rings (SSSR count). The Bertz CT molecular complexity index is 486. The Morgan fingerprint density at radius 1 is 1.08 bits per heavy atom. The summed E-state index contributed by atoms with van der Waals surface area (Å²) in [6, 6.07) is 1.03. The molecular weight excluding hydrogens is 384 g/mol. The Morgan fingerprint density at radius 3 is 1.85 bits per heavy atom. The fourth-order valence-electron chi connectivity index (χ4n) is 2.62. The van der Waals surface area contributed by atoms with Gasteiger partial charge in [0.05, 0.1) is 0 Å². The highest BCUT2D eigenvalue weighted by molar-refractivity contribution is 6.70. The first-order valence-corrected chi connectivity index (χ1v) is 17.4. The maximum Gasteiger partial charge on any atom is 0.335 e. The van der Waals surface area contributed by atoms with Gasteiger partial charge in [-0.05, 0) is 46.2 Å². The van der Waals surface area contributed by atoms with Gasteiger partial charge in [0.25, 0.3) is 5.79 Å². The second-order valence-corrected chi connectivity index (χ2v) is 18.4. The summed E-state index contributed by atoms with van der Waals surface area (Å²) in [5.41, 5.74) is 0.225. The van der Waals surface area contributed by atoms with Crippen LogP contribution in [0.5, 0.6) is 0 Å². The summed E-state index contributed by atoms with van der Waals surface area (Å²) in [5.74, 6) is -3.75. The highest BCUT2D eigenvalue weighted by Gasteiger charge is 2.60. The number of carbonyl (C=O) groups excluding carboxylic acids is 1. The molecule has 0 saturated carbocycles. The Morgan fingerprint density at radius 2 is 1.54 bits per heavy atom. The smallest absolute Gasteiger partial charge is 0.335 e. The first-order valence-electron chi connectivity index (χ1n) is 9.13. The lowest BCUT2D eigenvalue weighted by molar-refractivity contribution is -0.360. The minimum absolute atomic E-state index is 0.225. The van der Waals surface area contributed by atoms with E-state index < -0.39 is 40.8 Å². The fourth-order valence-corrected chi connectivity index (χ4v) is 5.55. The molecule has 2 atom stereocenters. The molecule has 0 aromatic heterocycles. The Labute approximate surface area is 163 Å². The third-order valence-corrected chi connectivity index (χ3v) is 6.12. The van der Waals surface area contributed by atoms with Crippen LogP contribution in [0.2, 0.25) is 45.3 Å². The SMILES string of the molecule is C=C(C)C(=O)OC(CO)(O[Si](C)(C)C)C(CCC[SiH3])(OC)O[Si](C)(C)C. The van der Waals surface area contributed by atoms with Gasteiger partial charge >= 0.3 is 5.97 Å². The average Bonchev–Trinajstić information content (AvgIpc) is 2.47. The maximum absolute atomic E-state index is 12.4. The minimum Gasteiger partial charge on any atom is -0.422 e. The number of carbonyl (C=O) groups is 1. The lowest BCUT2D eigenvalue weighted by Gasteiger charge is -2.51. The van der Waals surface area contributed by atoms with Crippen molar-refractivity contribution < 1.29 is 28.2 Å². The largest absolute Gasteiger partial charge is 0.422 e. The molecular formula is C17H38O6Si3. The molecule has 0 radical (unpaired) electrons.